The highest BCUT2D eigenvalue weighted by molar-refractivity contribution is 5.46. The zero-order valence-electron chi connectivity index (χ0n) is 11.6. The molecular formula is C14H18FN3O2. The SMILES string of the molecule is COCCCNc1nccn1-c1ccc(F)c(OC)c1. The Hall–Kier alpha value is -2.08. The van der Waals surface area contributed by atoms with Crippen LogP contribution in [0.2, 0.25) is 0 Å². The second kappa shape index (κ2) is 6.91. The normalized spacial score (nSPS) is 10.6. The Morgan fingerprint density at radius 1 is 1.35 bits per heavy atom. The van der Waals surface area contributed by atoms with Crippen LogP contribution < -0.4 is 10.1 Å². The van der Waals surface area contributed by atoms with Gasteiger partial charge in [0.25, 0.3) is 0 Å². The first-order chi connectivity index (χ1) is 9.76. The summed E-state index contributed by atoms with van der Waals surface area (Å²) in [6, 6.07) is 4.69. The molecule has 1 aromatic heterocycles. The molecule has 1 heterocycles. The van der Waals surface area contributed by atoms with Gasteiger partial charge in [-0.25, -0.2) is 9.37 Å². The van der Waals surface area contributed by atoms with Crippen molar-refractivity contribution in [1.82, 2.24) is 9.55 Å². The van der Waals surface area contributed by atoms with Gasteiger partial charge in [0.1, 0.15) is 0 Å². The minimum atomic E-state index is -0.383. The molecule has 6 heteroatoms. The monoisotopic (exact) mass is 279 g/mol. The van der Waals surface area contributed by atoms with Crippen molar-refractivity contribution in [3.05, 3.63) is 36.4 Å². The molecule has 108 valence electrons. The van der Waals surface area contributed by atoms with Gasteiger partial charge in [0.15, 0.2) is 11.6 Å². The van der Waals surface area contributed by atoms with Crippen LogP contribution in [0.1, 0.15) is 6.42 Å². The third-order valence-corrected chi connectivity index (χ3v) is 2.86. The van der Waals surface area contributed by atoms with E-state index < -0.39 is 0 Å². The molecule has 0 amide bonds. The highest BCUT2D eigenvalue weighted by atomic mass is 19.1. The fourth-order valence-electron chi connectivity index (χ4n) is 1.86. The Morgan fingerprint density at radius 3 is 2.95 bits per heavy atom. The number of nitrogens with one attached hydrogen (secondary N) is 1. The van der Waals surface area contributed by atoms with Crippen molar-refractivity contribution in [2.24, 2.45) is 0 Å². The molecule has 0 radical (unpaired) electrons. The van der Waals surface area contributed by atoms with Crippen molar-refractivity contribution < 1.29 is 13.9 Å². The van der Waals surface area contributed by atoms with E-state index in [1.54, 1.807) is 25.4 Å². The summed E-state index contributed by atoms with van der Waals surface area (Å²) < 4.78 is 25.2. The number of ether oxygens (including phenoxy) is 2. The highest BCUT2D eigenvalue weighted by Crippen LogP contribution is 2.22. The number of anilines is 1. The number of methoxy groups -OCH3 is 2. The second-order valence-corrected chi connectivity index (χ2v) is 4.21. The van der Waals surface area contributed by atoms with Crippen molar-refractivity contribution in [1.29, 1.82) is 0 Å². The standard InChI is InChI=1S/C14H18FN3O2/c1-19-9-3-6-16-14-17-7-8-18(14)11-4-5-12(15)13(10-11)20-2/h4-5,7-8,10H,3,6,9H2,1-2H3,(H,16,17). The van der Waals surface area contributed by atoms with Crippen LogP contribution in [0.3, 0.4) is 0 Å². The second-order valence-electron chi connectivity index (χ2n) is 4.21. The quantitative estimate of drug-likeness (QED) is 0.791. The molecule has 1 aromatic carbocycles. The molecule has 20 heavy (non-hydrogen) atoms. The third-order valence-electron chi connectivity index (χ3n) is 2.86. The van der Waals surface area contributed by atoms with Gasteiger partial charge in [0.2, 0.25) is 5.95 Å². The summed E-state index contributed by atoms with van der Waals surface area (Å²) in [5, 5.41) is 3.22. The lowest BCUT2D eigenvalue weighted by Crippen LogP contribution is -2.09. The molecule has 0 aliphatic heterocycles. The first kappa shape index (κ1) is 14.3. The fourth-order valence-corrected chi connectivity index (χ4v) is 1.86. The lowest BCUT2D eigenvalue weighted by molar-refractivity contribution is 0.197. The van der Waals surface area contributed by atoms with E-state index in [4.69, 9.17) is 9.47 Å². The Balaban J connectivity index is 2.14. The summed E-state index contributed by atoms with van der Waals surface area (Å²) in [4.78, 5) is 4.24. The summed E-state index contributed by atoms with van der Waals surface area (Å²) in [5.74, 6) is 0.530. The van der Waals surface area contributed by atoms with Crippen molar-refractivity contribution >= 4 is 5.95 Å². The van der Waals surface area contributed by atoms with Gasteiger partial charge in [-0.2, -0.15) is 0 Å². The number of benzene rings is 1. The molecule has 0 unspecified atom stereocenters. The highest BCUT2D eigenvalue weighted by Gasteiger charge is 2.08. The first-order valence-electron chi connectivity index (χ1n) is 6.36. The third kappa shape index (κ3) is 3.27. The lowest BCUT2D eigenvalue weighted by Gasteiger charge is -2.11. The first-order valence-corrected chi connectivity index (χ1v) is 6.36. The number of hydrogen-bond acceptors (Lipinski definition) is 4. The molecule has 0 atom stereocenters. The number of hydrogen-bond donors (Lipinski definition) is 1. The summed E-state index contributed by atoms with van der Waals surface area (Å²) in [6.07, 6.45) is 4.38. The number of halogens is 1. The van der Waals surface area contributed by atoms with Crippen molar-refractivity contribution in [3.8, 4) is 11.4 Å². The lowest BCUT2D eigenvalue weighted by atomic mass is 10.3. The van der Waals surface area contributed by atoms with Gasteiger partial charge in [-0.15, -0.1) is 0 Å². The van der Waals surface area contributed by atoms with Gasteiger partial charge < -0.3 is 14.8 Å². The number of aromatic nitrogens is 2. The van der Waals surface area contributed by atoms with Gasteiger partial charge in [-0.3, -0.25) is 4.57 Å². The molecule has 5 nitrogen and oxygen atoms in total. The molecular weight excluding hydrogens is 261 g/mol. The summed E-state index contributed by atoms with van der Waals surface area (Å²) >= 11 is 0. The molecule has 0 spiro atoms. The van der Waals surface area contributed by atoms with E-state index in [-0.39, 0.29) is 11.6 Å². The van der Waals surface area contributed by atoms with E-state index in [1.165, 1.54) is 13.2 Å². The molecule has 2 rings (SSSR count). The summed E-state index contributed by atoms with van der Waals surface area (Å²) in [7, 11) is 3.12. The summed E-state index contributed by atoms with van der Waals surface area (Å²) in [5.41, 5.74) is 0.787. The number of rotatable bonds is 7. The molecule has 0 bridgehead atoms. The van der Waals surface area contributed by atoms with Gasteiger partial charge in [-0.05, 0) is 18.6 Å². The molecule has 1 N–H and O–H groups in total. The Bertz CT molecular complexity index is 557. The smallest absolute Gasteiger partial charge is 0.207 e. The van der Waals surface area contributed by atoms with Gasteiger partial charge in [0.05, 0.1) is 12.8 Å². The predicted octanol–water partition coefficient (Wildman–Crippen LogP) is 2.47. The fraction of sp³-hybridized carbons (Fsp3) is 0.357. The molecule has 0 aliphatic rings. The Morgan fingerprint density at radius 2 is 2.20 bits per heavy atom. The molecule has 0 saturated carbocycles. The predicted molar refractivity (Wildman–Crippen MR) is 75.1 cm³/mol. The minimum Gasteiger partial charge on any atom is -0.494 e. The van der Waals surface area contributed by atoms with E-state index in [9.17, 15) is 4.39 Å². The number of nitrogens with zero attached hydrogens (tertiary/aromatic N) is 2. The van der Waals surface area contributed by atoms with E-state index >= 15 is 0 Å². The molecule has 0 fully saturated rings. The molecule has 0 aliphatic carbocycles. The number of imidazole rings is 1. The van der Waals surface area contributed by atoms with Crippen molar-refractivity contribution in [3.63, 3.8) is 0 Å². The zero-order chi connectivity index (χ0) is 14.4. The average Bonchev–Trinajstić information content (AvgIpc) is 2.92. The maximum absolute atomic E-state index is 13.4. The molecule has 0 saturated heterocycles. The topological polar surface area (TPSA) is 48.3 Å². The van der Waals surface area contributed by atoms with Crippen LogP contribution in [0, 0.1) is 5.82 Å². The van der Waals surface area contributed by atoms with Crippen molar-refractivity contribution in [2.45, 2.75) is 6.42 Å². The van der Waals surface area contributed by atoms with E-state index in [1.807, 2.05) is 10.8 Å². The van der Waals surface area contributed by atoms with Crippen LogP contribution in [0.15, 0.2) is 30.6 Å². The van der Waals surface area contributed by atoms with Crippen LogP contribution in [0.4, 0.5) is 10.3 Å². The van der Waals surface area contributed by atoms with E-state index in [2.05, 4.69) is 10.3 Å². The maximum atomic E-state index is 13.4. The van der Waals surface area contributed by atoms with Crippen LogP contribution >= 0.6 is 0 Å². The van der Waals surface area contributed by atoms with Gasteiger partial charge in [0, 0.05) is 38.7 Å². The average molecular weight is 279 g/mol. The zero-order valence-corrected chi connectivity index (χ0v) is 11.6. The summed E-state index contributed by atoms with van der Waals surface area (Å²) in [6.45, 7) is 1.45. The Kier molecular flexibility index (Phi) is 4.95. The van der Waals surface area contributed by atoms with E-state index in [0.717, 1.165) is 18.7 Å². The van der Waals surface area contributed by atoms with Gasteiger partial charge >= 0.3 is 0 Å². The molecule has 2 aromatic rings. The van der Waals surface area contributed by atoms with E-state index in [0.29, 0.717) is 12.6 Å². The Labute approximate surface area is 117 Å². The van der Waals surface area contributed by atoms with Crippen LogP contribution in [-0.4, -0.2) is 36.9 Å². The van der Waals surface area contributed by atoms with Crippen LogP contribution in [-0.2, 0) is 4.74 Å². The van der Waals surface area contributed by atoms with Gasteiger partial charge in [-0.1, -0.05) is 0 Å². The minimum absolute atomic E-state index is 0.210. The van der Waals surface area contributed by atoms with Crippen LogP contribution in [0.5, 0.6) is 5.75 Å². The maximum Gasteiger partial charge on any atom is 0.207 e. The van der Waals surface area contributed by atoms with Crippen molar-refractivity contribution in [2.75, 3.05) is 32.7 Å². The largest absolute Gasteiger partial charge is 0.494 e. The van der Waals surface area contributed by atoms with Crippen LogP contribution in [0.25, 0.3) is 5.69 Å².